The highest BCUT2D eigenvalue weighted by Crippen LogP contribution is 2.27. The molecule has 146 valence electrons. The minimum absolute atomic E-state index is 0.181. The lowest BCUT2D eigenvalue weighted by Gasteiger charge is -2.17. The number of hydrogen-bond donors (Lipinski definition) is 0. The number of likely N-dealkylation sites (tertiary alicyclic amines) is 1. The second-order valence-electron chi connectivity index (χ2n) is 6.82. The van der Waals surface area contributed by atoms with E-state index < -0.39 is 23.0 Å². The average molecular weight is 377 g/mol. The highest BCUT2D eigenvalue weighted by atomic mass is 17.0. The Morgan fingerprint density at radius 1 is 1.19 bits per heavy atom. The van der Waals surface area contributed by atoms with Crippen molar-refractivity contribution in [1.29, 1.82) is 0 Å². The van der Waals surface area contributed by atoms with Crippen molar-refractivity contribution in [2.24, 2.45) is 0 Å². The van der Waals surface area contributed by atoms with Crippen molar-refractivity contribution in [3.8, 4) is 5.75 Å². The van der Waals surface area contributed by atoms with Crippen LogP contribution in [-0.4, -0.2) is 65.6 Å². The van der Waals surface area contributed by atoms with Gasteiger partial charge in [0.25, 0.3) is 16.9 Å². The van der Waals surface area contributed by atoms with E-state index in [0.717, 1.165) is 31.0 Å². The molecule has 0 N–H and O–H groups in total. The van der Waals surface area contributed by atoms with Crippen LogP contribution >= 0.6 is 0 Å². The van der Waals surface area contributed by atoms with Crippen molar-refractivity contribution in [1.82, 2.24) is 9.80 Å². The van der Waals surface area contributed by atoms with Gasteiger partial charge in [0.05, 0.1) is 24.3 Å². The third-order valence-corrected chi connectivity index (χ3v) is 4.73. The fourth-order valence-corrected chi connectivity index (χ4v) is 3.45. The van der Waals surface area contributed by atoms with Gasteiger partial charge in [-0.15, -0.1) is 10.1 Å². The predicted molar refractivity (Wildman–Crippen MR) is 95.1 cm³/mol. The Hall–Kier alpha value is -2.68. The average Bonchev–Trinajstić information content (AvgIpc) is 3.21. The molecule has 27 heavy (non-hydrogen) atoms. The van der Waals surface area contributed by atoms with Crippen LogP contribution in [0, 0.1) is 10.1 Å². The smallest absolute Gasteiger partial charge is 0.294 e. The van der Waals surface area contributed by atoms with E-state index in [9.17, 15) is 19.7 Å². The molecule has 1 saturated heterocycles. The van der Waals surface area contributed by atoms with Gasteiger partial charge in [-0.25, -0.2) is 0 Å². The molecule has 9 nitrogen and oxygen atoms in total. The summed E-state index contributed by atoms with van der Waals surface area (Å²) < 4.78 is 5.72. The van der Waals surface area contributed by atoms with Gasteiger partial charge < -0.3 is 14.5 Å². The molecule has 1 atom stereocenters. The number of carbonyl (C=O) groups is 2. The summed E-state index contributed by atoms with van der Waals surface area (Å²) in [5, 5.41) is 9.46. The number of hydrogen-bond acceptors (Lipinski definition) is 7. The number of rotatable bonds is 9. The molecule has 0 bridgehead atoms. The van der Waals surface area contributed by atoms with Crippen molar-refractivity contribution < 1.29 is 24.3 Å². The lowest BCUT2D eigenvalue weighted by Crippen LogP contribution is -2.37. The zero-order valence-corrected chi connectivity index (χ0v) is 15.3. The molecule has 3 rings (SSSR count). The number of nitrogens with zero attached hydrogens (tertiary/aromatic N) is 3. The van der Waals surface area contributed by atoms with Gasteiger partial charge in [-0.1, -0.05) is 0 Å². The molecule has 0 radical (unpaired) electrons. The maximum atomic E-state index is 12.5. The number of amides is 2. The molecule has 2 amide bonds. The van der Waals surface area contributed by atoms with Crippen LogP contribution in [0.2, 0.25) is 0 Å². The zero-order chi connectivity index (χ0) is 19.4. The minimum atomic E-state index is -0.934. The molecule has 1 aromatic carbocycles. The first-order chi connectivity index (χ1) is 13.0. The van der Waals surface area contributed by atoms with E-state index in [1.807, 2.05) is 0 Å². The van der Waals surface area contributed by atoms with Crippen LogP contribution in [0.1, 0.15) is 46.9 Å². The summed E-state index contributed by atoms with van der Waals surface area (Å²) in [7, 11) is 0. The van der Waals surface area contributed by atoms with Crippen LogP contribution < -0.4 is 4.74 Å². The monoisotopic (exact) mass is 377 g/mol. The van der Waals surface area contributed by atoms with Gasteiger partial charge >= 0.3 is 0 Å². The third kappa shape index (κ3) is 4.54. The Kier molecular flexibility index (Phi) is 5.90. The molecule has 2 aliphatic rings. The van der Waals surface area contributed by atoms with Gasteiger partial charge in [0.15, 0.2) is 0 Å². The van der Waals surface area contributed by atoms with Crippen molar-refractivity contribution in [3.05, 3.63) is 39.4 Å². The highest BCUT2D eigenvalue weighted by molar-refractivity contribution is 6.21. The van der Waals surface area contributed by atoms with Crippen LogP contribution in [0.3, 0.4) is 0 Å². The summed E-state index contributed by atoms with van der Waals surface area (Å²) in [6, 6.07) is 4.79. The molecule has 0 saturated carbocycles. The SMILES string of the molecule is CC(CN1C(=O)c2ccc(OCCCN3CCCC3)cc2C1=O)O[N+](=O)[O-]. The van der Waals surface area contributed by atoms with E-state index in [1.165, 1.54) is 19.8 Å². The van der Waals surface area contributed by atoms with E-state index in [-0.39, 0.29) is 17.7 Å². The quantitative estimate of drug-likeness (QED) is 0.279. The Morgan fingerprint density at radius 2 is 1.89 bits per heavy atom. The Balaban J connectivity index is 1.56. The lowest BCUT2D eigenvalue weighted by atomic mass is 10.1. The maximum Gasteiger partial charge on any atom is 0.294 e. The van der Waals surface area contributed by atoms with E-state index in [0.29, 0.717) is 12.4 Å². The summed E-state index contributed by atoms with van der Waals surface area (Å²) >= 11 is 0. The second kappa shape index (κ2) is 8.34. The third-order valence-electron chi connectivity index (χ3n) is 4.73. The summed E-state index contributed by atoms with van der Waals surface area (Å²) in [4.78, 5) is 43.0. The Bertz CT molecular complexity index is 732. The number of carbonyl (C=O) groups excluding carboxylic acids is 2. The van der Waals surface area contributed by atoms with Gasteiger partial charge in [0, 0.05) is 6.54 Å². The van der Waals surface area contributed by atoms with Crippen molar-refractivity contribution >= 4 is 11.8 Å². The lowest BCUT2D eigenvalue weighted by molar-refractivity contribution is -0.767. The molecule has 1 fully saturated rings. The number of ether oxygens (including phenoxy) is 1. The minimum Gasteiger partial charge on any atom is -0.494 e. The van der Waals surface area contributed by atoms with Crippen LogP contribution in [0.25, 0.3) is 0 Å². The largest absolute Gasteiger partial charge is 0.494 e. The summed E-state index contributed by atoms with van der Waals surface area (Å²) in [5.41, 5.74) is 0.531. The van der Waals surface area contributed by atoms with Crippen LogP contribution in [0.15, 0.2) is 18.2 Å². The molecule has 2 heterocycles. The van der Waals surface area contributed by atoms with Crippen LogP contribution in [0.5, 0.6) is 5.75 Å². The van der Waals surface area contributed by atoms with Gasteiger partial charge in [-0.2, -0.15) is 0 Å². The topological polar surface area (TPSA) is 102 Å². The fraction of sp³-hybridized carbons (Fsp3) is 0.556. The molecular weight excluding hydrogens is 354 g/mol. The Labute approximate surface area is 156 Å². The standard InChI is InChI=1S/C18H23N3O6/c1-13(27-21(24)25)12-20-17(22)15-6-5-14(11-16(15)18(20)23)26-10-4-9-19-7-2-3-8-19/h5-6,11,13H,2-4,7-10,12H2,1H3. The van der Waals surface area contributed by atoms with Crippen molar-refractivity contribution in [3.63, 3.8) is 0 Å². The van der Waals surface area contributed by atoms with Gasteiger partial charge in [-0.3, -0.25) is 14.5 Å². The van der Waals surface area contributed by atoms with E-state index >= 15 is 0 Å². The first-order valence-corrected chi connectivity index (χ1v) is 9.12. The summed E-state index contributed by atoms with van der Waals surface area (Å²) in [6.45, 7) is 5.06. The highest BCUT2D eigenvalue weighted by Gasteiger charge is 2.37. The van der Waals surface area contributed by atoms with E-state index in [1.54, 1.807) is 18.2 Å². The van der Waals surface area contributed by atoms with E-state index in [2.05, 4.69) is 9.74 Å². The number of benzene rings is 1. The summed E-state index contributed by atoms with van der Waals surface area (Å²) in [6.07, 6.45) is 2.50. The molecule has 2 aliphatic heterocycles. The van der Waals surface area contributed by atoms with Gasteiger partial charge in [0.1, 0.15) is 11.9 Å². The van der Waals surface area contributed by atoms with Crippen LogP contribution in [0.4, 0.5) is 0 Å². The molecule has 0 aliphatic carbocycles. The summed E-state index contributed by atoms with van der Waals surface area (Å²) in [5.74, 6) is -0.432. The van der Waals surface area contributed by atoms with Gasteiger partial charge in [-0.05, 0) is 57.5 Å². The Morgan fingerprint density at radius 3 is 2.59 bits per heavy atom. The predicted octanol–water partition coefficient (Wildman–Crippen LogP) is 1.74. The van der Waals surface area contributed by atoms with Gasteiger partial charge in [0.2, 0.25) is 0 Å². The van der Waals surface area contributed by atoms with Crippen molar-refractivity contribution in [2.75, 3.05) is 32.8 Å². The number of fused-ring (bicyclic) bond motifs is 1. The molecule has 0 aromatic heterocycles. The van der Waals surface area contributed by atoms with Crippen LogP contribution in [-0.2, 0) is 4.84 Å². The number of imide groups is 1. The first-order valence-electron chi connectivity index (χ1n) is 9.12. The molecule has 1 unspecified atom stereocenters. The molecule has 9 heteroatoms. The molecular formula is C18H23N3O6. The maximum absolute atomic E-state index is 12.5. The molecule has 1 aromatic rings. The fourth-order valence-electron chi connectivity index (χ4n) is 3.45. The normalized spacial score (nSPS) is 17.9. The second-order valence-corrected chi connectivity index (χ2v) is 6.82. The first kappa shape index (κ1) is 19.1. The van der Waals surface area contributed by atoms with Crippen molar-refractivity contribution in [2.45, 2.75) is 32.3 Å². The van der Waals surface area contributed by atoms with E-state index in [4.69, 9.17) is 4.74 Å². The zero-order valence-electron chi connectivity index (χ0n) is 15.3. The molecule has 0 spiro atoms.